The molecule has 2 amide bonds. The monoisotopic (exact) mass is 356 g/mol. The van der Waals surface area contributed by atoms with Gasteiger partial charge in [0.15, 0.2) is 0 Å². The second kappa shape index (κ2) is 8.03. The topological polar surface area (TPSA) is 76.5 Å². The molecule has 1 aliphatic rings. The van der Waals surface area contributed by atoms with Crippen molar-refractivity contribution in [2.75, 3.05) is 26.7 Å². The van der Waals surface area contributed by atoms with E-state index in [0.29, 0.717) is 43.9 Å². The molecule has 0 bridgehead atoms. The number of benzene rings is 1. The SMILES string of the molecule is COc1cccc(C(=O)N2CCC(C(=O)NCCn3ccc(C)n3)C2)c1. The largest absolute Gasteiger partial charge is 0.497 e. The van der Waals surface area contributed by atoms with E-state index in [4.69, 9.17) is 4.74 Å². The predicted molar refractivity (Wildman–Crippen MR) is 97.0 cm³/mol. The van der Waals surface area contributed by atoms with Crippen molar-refractivity contribution in [3.8, 4) is 5.75 Å². The van der Waals surface area contributed by atoms with Gasteiger partial charge in [-0.1, -0.05) is 6.07 Å². The molecule has 1 aromatic carbocycles. The van der Waals surface area contributed by atoms with Gasteiger partial charge in [-0.25, -0.2) is 0 Å². The first-order chi connectivity index (χ1) is 12.6. The average molecular weight is 356 g/mol. The number of aryl methyl sites for hydroxylation is 1. The zero-order valence-electron chi connectivity index (χ0n) is 15.1. The van der Waals surface area contributed by atoms with Crippen molar-refractivity contribution in [3.05, 3.63) is 47.8 Å². The van der Waals surface area contributed by atoms with Gasteiger partial charge in [-0.05, 0) is 37.6 Å². The second-order valence-corrected chi connectivity index (χ2v) is 6.48. The third-order valence-corrected chi connectivity index (χ3v) is 4.58. The first-order valence-electron chi connectivity index (χ1n) is 8.78. The van der Waals surface area contributed by atoms with Gasteiger partial charge in [0.25, 0.3) is 5.91 Å². The maximum atomic E-state index is 12.6. The van der Waals surface area contributed by atoms with Gasteiger partial charge in [-0.2, -0.15) is 5.10 Å². The van der Waals surface area contributed by atoms with Gasteiger partial charge in [-0.15, -0.1) is 0 Å². The summed E-state index contributed by atoms with van der Waals surface area (Å²) in [7, 11) is 1.57. The molecule has 26 heavy (non-hydrogen) atoms. The van der Waals surface area contributed by atoms with Gasteiger partial charge in [0.2, 0.25) is 5.91 Å². The Hall–Kier alpha value is -2.83. The molecule has 2 heterocycles. The Bertz CT molecular complexity index is 787. The summed E-state index contributed by atoms with van der Waals surface area (Å²) in [5, 5.41) is 7.23. The number of hydrogen-bond acceptors (Lipinski definition) is 4. The van der Waals surface area contributed by atoms with Crippen LogP contribution in [0.4, 0.5) is 0 Å². The van der Waals surface area contributed by atoms with Gasteiger partial charge in [0.1, 0.15) is 5.75 Å². The molecule has 1 saturated heterocycles. The van der Waals surface area contributed by atoms with Crippen molar-refractivity contribution in [3.63, 3.8) is 0 Å². The molecule has 0 radical (unpaired) electrons. The number of rotatable bonds is 6. The number of aromatic nitrogens is 2. The Morgan fingerprint density at radius 2 is 2.19 bits per heavy atom. The Morgan fingerprint density at radius 3 is 2.92 bits per heavy atom. The summed E-state index contributed by atoms with van der Waals surface area (Å²) in [5.74, 6) is 0.420. The van der Waals surface area contributed by atoms with E-state index in [1.54, 1.807) is 36.3 Å². The maximum Gasteiger partial charge on any atom is 0.254 e. The normalized spacial score (nSPS) is 16.5. The zero-order chi connectivity index (χ0) is 18.5. The fraction of sp³-hybridized carbons (Fsp3) is 0.421. The van der Waals surface area contributed by atoms with Crippen LogP contribution in [0.3, 0.4) is 0 Å². The fourth-order valence-corrected chi connectivity index (χ4v) is 3.12. The number of likely N-dealkylation sites (tertiary alicyclic amines) is 1. The highest BCUT2D eigenvalue weighted by Crippen LogP contribution is 2.21. The van der Waals surface area contributed by atoms with Gasteiger partial charge < -0.3 is 15.0 Å². The average Bonchev–Trinajstić information content (AvgIpc) is 3.30. The number of carbonyl (C=O) groups excluding carboxylic acids is 2. The molecule has 1 fully saturated rings. The lowest BCUT2D eigenvalue weighted by atomic mass is 10.1. The van der Waals surface area contributed by atoms with Crippen LogP contribution in [0.2, 0.25) is 0 Å². The highest BCUT2D eigenvalue weighted by atomic mass is 16.5. The second-order valence-electron chi connectivity index (χ2n) is 6.48. The Morgan fingerprint density at radius 1 is 1.35 bits per heavy atom. The molecule has 0 aliphatic carbocycles. The van der Waals surface area contributed by atoms with Crippen LogP contribution in [0, 0.1) is 12.8 Å². The molecule has 1 atom stereocenters. The van der Waals surface area contributed by atoms with Crippen LogP contribution in [0.15, 0.2) is 36.5 Å². The van der Waals surface area contributed by atoms with Crippen molar-refractivity contribution < 1.29 is 14.3 Å². The molecule has 2 aromatic rings. The predicted octanol–water partition coefficient (Wildman–Crippen LogP) is 1.48. The van der Waals surface area contributed by atoms with Gasteiger partial charge in [0, 0.05) is 31.4 Å². The summed E-state index contributed by atoms with van der Waals surface area (Å²) >= 11 is 0. The number of nitrogens with zero attached hydrogens (tertiary/aromatic N) is 3. The summed E-state index contributed by atoms with van der Waals surface area (Å²) in [4.78, 5) is 26.7. The smallest absolute Gasteiger partial charge is 0.254 e. The molecular formula is C19H24N4O3. The molecule has 7 heteroatoms. The van der Waals surface area contributed by atoms with Crippen molar-refractivity contribution in [1.82, 2.24) is 20.0 Å². The number of methoxy groups -OCH3 is 1. The third kappa shape index (κ3) is 4.22. The Kier molecular flexibility index (Phi) is 5.55. The van der Waals surface area contributed by atoms with E-state index < -0.39 is 0 Å². The van der Waals surface area contributed by atoms with Crippen LogP contribution in [0.1, 0.15) is 22.5 Å². The van der Waals surface area contributed by atoms with Crippen molar-refractivity contribution in [2.24, 2.45) is 5.92 Å². The molecule has 0 saturated carbocycles. The van der Waals surface area contributed by atoms with Gasteiger partial charge >= 0.3 is 0 Å². The summed E-state index contributed by atoms with van der Waals surface area (Å²) in [6.07, 6.45) is 2.58. The molecule has 7 nitrogen and oxygen atoms in total. The van der Waals surface area contributed by atoms with Crippen LogP contribution in [-0.2, 0) is 11.3 Å². The summed E-state index contributed by atoms with van der Waals surface area (Å²) in [6, 6.07) is 9.02. The first kappa shape index (κ1) is 18.0. The van der Waals surface area contributed by atoms with E-state index in [1.807, 2.05) is 23.9 Å². The molecule has 138 valence electrons. The minimum atomic E-state index is -0.163. The lowest BCUT2D eigenvalue weighted by Gasteiger charge is -2.17. The third-order valence-electron chi connectivity index (χ3n) is 4.58. The summed E-state index contributed by atoms with van der Waals surface area (Å²) in [5.41, 5.74) is 1.54. The van der Waals surface area contributed by atoms with E-state index >= 15 is 0 Å². The molecule has 1 unspecified atom stereocenters. The molecule has 3 rings (SSSR count). The number of amides is 2. The Balaban J connectivity index is 1.49. The van der Waals surface area contributed by atoms with Gasteiger partial charge in [-0.3, -0.25) is 14.3 Å². The van der Waals surface area contributed by atoms with E-state index in [1.165, 1.54) is 0 Å². The lowest BCUT2D eigenvalue weighted by molar-refractivity contribution is -0.124. The minimum Gasteiger partial charge on any atom is -0.497 e. The van der Waals surface area contributed by atoms with Crippen LogP contribution >= 0.6 is 0 Å². The molecule has 1 aromatic heterocycles. The number of ether oxygens (including phenoxy) is 1. The van der Waals surface area contributed by atoms with Crippen LogP contribution in [-0.4, -0.2) is 53.2 Å². The van der Waals surface area contributed by atoms with Crippen molar-refractivity contribution in [1.29, 1.82) is 0 Å². The first-order valence-corrected chi connectivity index (χ1v) is 8.78. The Labute approximate surface area is 152 Å². The standard InChI is InChI=1S/C19H24N4O3/c1-14-6-10-23(21-14)11-8-20-18(24)16-7-9-22(13-16)19(25)15-4-3-5-17(12-15)26-2/h3-6,10,12,16H,7-9,11,13H2,1-2H3,(H,20,24). The quantitative estimate of drug-likeness (QED) is 0.851. The minimum absolute atomic E-state index is 0.00480. The molecular weight excluding hydrogens is 332 g/mol. The van der Waals surface area contributed by atoms with E-state index in [9.17, 15) is 9.59 Å². The molecule has 1 N–H and O–H groups in total. The van der Waals surface area contributed by atoms with Crippen LogP contribution in [0.25, 0.3) is 0 Å². The van der Waals surface area contributed by atoms with Crippen LogP contribution < -0.4 is 10.1 Å². The summed E-state index contributed by atoms with van der Waals surface area (Å²) < 4.78 is 6.98. The number of carbonyl (C=O) groups is 2. The van der Waals surface area contributed by atoms with Crippen LogP contribution in [0.5, 0.6) is 5.75 Å². The highest BCUT2D eigenvalue weighted by Gasteiger charge is 2.31. The van der Waals surface area contributed by atoms with E-state index in [2.05, 4.69) is 10.4 Å². The van der Waals surface area contributed by atoms with Crippen molar-refractivity contribution >= 4 is 11.8 Å². The van der Waals surface area contributed by atoms with Crippen molar-refractivity contribution in [2.45, 2.75) is 19.9 Å². The number of hydrogen-bond donors (Lipinski definition) is 1. The van der Waals surface area contributed by atoms with E-state index in [-0.39, 0.29) is 17.7 Å². The highest BCUT2D eigenvalue weighted by molar-refractivity contribution is 5.95. The molecule has 1 aliphatic heterocycles. The number of nitrogens with one attached hydrogen (secondary N) is 1. The zero-order valence-corrected chi connectivity index (χ0v) is 15.1. The fourth-order valence-electron chi connectivity index (χ4n) is 3.12. The summed E-state index contributed by atoms with van der Waals surface area (Å²) in [6.45, 7) is 4.13. The van der Waals surface area contributed by atoms with E-state index in [0.717, 1.165) is 5.69 Å². The molecule has 0 spiro atoms. The maximum absolute atomic E-state index is 12.6. The van der Waals surface area contributed by atoms with Gasteiger partial charge in [0.05, 0.1) is 25.3 Å². The lowest BCUT2D eigenvalue weighted by Crippen LogP contribution is -2.36.